The third-order valence-corrected chi connectivity index (χ3v) is 3.92. The number of carboxylic acid groups (broad SMARTS) is 1. The SMILES string of the molecule is CC(C)CC(NCC1CCN(C(=O)OC(C)(C)C)CC1)C(=O)O. The lowest BCUT2D eigenvalue weighted by Crippen LogP contribution is -2.45. The highest BCUT2D eigenvalue weighted by atomic mass is 16.6. The predicted octanol–water partition coefficient (Wildman–Crippen LogP) is 2.72. The normalized spacial score (nSPS) is 18.1. The van der Waals surface area contributed by atoms with Crippen LogP contribution < -0.4 is 5.32 Å². The molecular formula is C17H32N2O4. The Morgan fingerprint density at radius 2 is 1.83 bits per heavy atom. The number of carboxylic acids is 1. The van der Waals surface area contributed by atoms with E-state index in [1.807, 2.05) is 34.6 Å². The van der Waals surface area contributed by atoms with Gasteiger partial charge in [0.05, 0.1) is 0 Å². The van der Waals surface area contributed by atoms with E-state index < -0.39 is 17.6 Å². The maximum absolute atomic E-state index is 12.0. The molecule has 1 rings (SSSR count). The fourth-order valence-electron chi connectivity index (χ4n) is 2.70. The molecule has 23 heavy (non-hydrogen) atoms. The number of carbonyl (C=O) groups is 2. The molecule has 1 unspecified atom stereocenters. The fourth-order valence-corrected chi connectivity index (χ4v) is 2.70. The van der Waals surface area contributed by atoms with Crippen LogP contribution in [0.15, 0.2) is 0 Å². The molecule has 134 valence electrons. The largest absolute Gasteiger partial charge is 0.480 e. The van der Waals surface area contributed by atoms with Crippen molar-refractivity contribution in [3.05, 3.63) is 0 Å². The Labute approximate surface area is 139 Å². The zero-order valence-electron chi connectivity index (χ0n) is 15.1. The maximum Gasteiger partial charge on any atom is 0.410 e. The number of nitrogens with one attached hydrogen (secondary N) is 1. The van der Waals surface area contributed by atoms with E-state index in [-0.39, 0.29) is 6.09 Å². The summed E-state index contributed by atoms with van der Waals surface area (Å²) in [5, 5.41) is 12.4. The Morgan fingerprint density at radius 1 is 1.26 bits per heavy atom. The summed E-state index contributed by atoms with van der Waals surface area (Å²) in [4.78, 5) is 25.0. The van der Waals surface area contributed by atoms with E-state index in [1.54, 1.807) is 4.90 Å². The smallest absolute Gasteiger partial charge is 0.410 e. The van der Waals surface area contributed by atoms with Crippen molar-refractivity contribution in [1.29, 1.82) is 0 Å². The van der Waals surface area contributed by atoms with E-state index in [1.165, 1.54) is 0 Å². The highest BCUT2D eigenvalue weighted by molar-refractivity contribution is 5.73. The molecule has 0 aromatic carbocycles. The van der Waals surface area contributed by atoms with Crippen LogP contribution in [0.5, 0.6) is 0 Å². The van der Waals surface area contributed by atoms with Crippen LogP contribution in [0, 0.1) is 11.8 Å². The van der Waals surface area contributed by atoms with Gasteiger partial charge in [-0.3, -0.25) is 4.79 Å². The molecule has 0 aliphatic carbocycles. The zero-order chi connectivity index (χ0) is 17.6. The number of nitrogens with zero attached hydrogens (tertiary/aromatic N) is 1. The first-order chi connectivity index (χ1) is 10.6. The first-order valence-corrected chi connectivity index (χ1v) is 8.52. The molecule has 0 spiro atoms. The van der Waals surface area contributed by atoms with Crippen molar-refractivity contribution in [2.45, 2.75) is 65.5 Å². The number of hydrogen-bond acceptors (Lipinski definition) is 4. The number of piperidine rings is 1. The van der Waals surface area contributed by atoms with E-state index in [0.29, 0.717) is 37.9 Å². The van der Waals surface area contributed by atoms with Gasteiger partial charge in [-0.1, -0.05) is 13.8 Å². The second-order valence-electron chi connectivity index (χ2n) is 7.84. The van der Waals surface area contributed by atoms with Gasteiger partial charge in [-0.25, -0.2) is 4.79 Å². The van der Waals surface area contributed by atoms with Crippen molar-refractivity contribution in [3.63, 3.8) is 0 Å². The summed E-state index contributed by atoms with van der Waals surface area (Å²) in [5.74, 6) is -0.0368. The second-order valence-corrected chi connectivity index (χ2v) is 7.84. The average molecular weight is 328 g/mol. The number of ether oxygens (including phenoxy) is 1. The van der Waals surface area contributed by atoms with Gasteiger partial charge in [-0.2, -0.15) is 0 Å². The number of aliphatic carboxylic acids is 1. The summed E-state index contributed by atoms with van der Waals surface area (Å²) in [6.45, 7) is 11.7. The van der Waals surface area contributed by atoms with Gasteiger partial charge in [0.1, 0.15) is 11.6 Å². The summed E-state index contributed by atoms with van der Waals surface area (Å²) < 4.78 is 5.38. The first kappa shape index (κ1) is 19.7. The van der Waals surface area contributed by atoms with Gasteiger partial charge in [0, 0.05) is 13.1 Å². The lowest BCUT2D eigenvalue weighted by molar-refractivity contribution is -0.140. The van der Waals surface area contributed by atoms with Crippen molar-refractivity contribution >= 4 is 12.1 Å². The molecule has 1 amide bonds. The van der Waals surface area contributed by atoms with Crippen LogP contribution in [-0.2, 0) is 9.53 Å². The fraction of sp³-hybridized carbons (Fsp3) is 0.882. The summed E-state index contributed by atoms with van der Waals surface area (Å²) in [6.07, 6.45) is 2.12. The lowest BCUT2D eigenvalue weighted by atomic mass is 9.96. The topological polar surface area (TPSA) is 78.9 Å². The molecule has 6 nitrogen and oxygen atoms in total. The van der Waals surface area contributed by atoms with Crippen molar-refractivity contribution < 1.29 is 19.4 Å². The van der Waals surface area contributed by atoms with Gasteiger partial charge in [0.2, 0.25) is 0 Å². The minimum absolute atomic E-state index is 0.257. The highest BCUT2D eigenvalue weighted by Gasteiger charge is 2.27. The molecule has 0 aromatic rings. The van der Waals surface area contributed by atoms with Crippen molar-refractivity contribution in [3.8, 4) is 0 Å². The molecule has 1 aliphatic heterocycles. The number of carbonyl (C=O) groups excluding carboxylic acids is 1. The van der Waals surface area contributed by atoms with Crippen LogP contribution in [0.25, 0.3) is 0 Å². The monoisotopic (exact) mass is 328 g/mol. The van der Waals surface area contributed by atoms with E-state index >= 15 is 0 Å². The molecule has 0 radical (unpaired) electrons. The molecule has 1 saturated heterocycles. The molecule has 1 fully saturated rings. The third kappa shape index (κ3) is 7.68. The Hall–Kier alpha value is -1.30. The second kappa shape index (κ2) is 8.52. The highest BCUT2D eigenvalue weighted by Crippen LogP contribution is 2.19. The number of likely N-dealkylation sites (tertiary alicyclic amines) is 1. The third-order valence-electron chi connectivity index (χ3n) is 3.92. The van der Waals surface area contributed by atoms with Gasteiger partial charge in [0.25, 0.3) is 0 Å². The molecule has 0 bridgehead atoms. The summed E-state index contributed by atoms with van der Waals surface area (Å²) in [7, 11) is 0. The minimum atomic E-state index is -0.787. The zero-order valence-corrected chi connectivity index (χ0v) is 15.1. The predicted molar refractivity (Wildman–Crippen MR) is 89.4 cm³/mol. The van der Waals surface area contributed by atoms with Gasteiger partial charge in [0.15, 0.2) is 0 Å². The number of rotatable bonds is 6. The van der Waals surface area contributed by atoms with Crippen molar-refractivity contribution in [2.24, 2.45) is 11.8 Å². The summed E-state index contributed by atoms with van der Waals surface area (Å²) in [6, 6.07) is -0.487. The van der Waals surface area contributed by atoms with E-state index in [4.69, 9.17) is 4.74 Å². The summed E-state index contributed by atoms with van der Waals surface area (Å²) >= 11 is 0. The standard InChI is InChI=1S/C17H32N2O4/c1-12(2)10-14(15(20)21)18-11-13-6-8-19(9-7-13)16(22)23-17(3,4)5/h12-14,18H,6-11H2,1-5H3,(H,20,21). The molecule has 1 heterocycles. The van der Waals surface area contributed by atoms with Crippen LogP contribution in [0.3, 0.4) is 0 Å². The Bertz CT molecular complexity index is 396. The van der Waals surface area contributed by atoms with Crippen LogP contribution >= 0.6 is 0 Å². The first-order valence-electron chi connectivity index (χ1n) is 8.52. The van der Waals surface area contributed by atoms with Crippen LogP contribution in [0.4, 0.5) is 4.79 Å². The molecule has 0 saturated carbocycles. The Balaban J connectivity index is 2.36. The van der Waals surface area contributed by atoms with E-state index in [0.717, 1.165) is 12.8 Å². The minimum Gasteiger partial charge on any atom is -0.480 e. The Morgan fingerprint density at radius 3 is 2.26 bits per heavy atom. The van der Waals surface area contributed by atoms with Gasteiger partial charge >= 0.3 is 12.1 Å². The lowest BCUT2D eigenvalue weighted by Gasteiger charge is -2.34. The van der Waals surface area contributed by atoms with Gasteiger partial charge in [-0.15, -0.1) is 0 Å². The van der Waals surface area contributed by atoms with Crippen molar-refractivity contribution in [1.82, 2.24) is 10.2 Å². The quantitative estimate of drug-likeness (QED) is 0.784. The molecular weight excluding hydrogens is 296 g/mol. The maximum atomic E-state index is 12.0. The average Bonchev–Trinajstić information content (AvgIpc) is 2.41. The molecule has 0 aromatic heterocycles. The Kier molecular flexibility index (Phi) is 7.32. The van der Waals surface area contributed by atoms with Crippen LogP contribution in [0.1, 0.15) is 53.9 Å². The van der Waals surface area contributed by atoms with Crippen molar-refractivity contribution in [2.75, 3.05) is 19.6 Å². The van der Waals surface area contributed by atoms with Gasteiger partial charge < -0.3 is 20.1 Å². The van der Waals surface area contributed by atoms with Gasteiger partial charge in [-0.05, 0) is 58.4 Å². The number of amides is 1. The molecule has 6 heteroatoms. The molecule has 1 aliphatic rings. The summed E-state index contributed by atoms with van der Waals surface area (Å²) in [5.41, 5.74) is -0.471. The molecule has 1 atom stereocenters. The van der Waals surface area contributed by atoms with E-state index in [2.05, 4.69) is 5.32 Å². The van der Waals surface area contributed by atoms with E-state index in [9.17, 15) is 14.7 Å². The number of hydrogen-bond donors (Lipinski definition) is 2. The van der Waals surface area contributed by atoms with Crippen LogP contribution in [0.2, 0.25) is 0 Å². The van der Waals surface area contributed by atoms with Crippen LogP contribution in [-0.4, -0.2) is 53.3 Å². The molecule has 2 N–H and O–H groups in total.